The van der Waals surface area contributed by atoms with Crippen molar-refractivity contribution < 1.29 is 31.8 Å². The van der Waals surface area contributed by atoms with Gasteiger partial charge in [-0.3, -0.25) is 9.55 Å². The van der Waals surface area contributed by atoms with Crippen LogP contribution < -0.4 is 13.8 Å². The minimum absolute atomic E-state index is 0.0252. The molecule has 0 aliphatic rings. The standard InChI is InChI=1S/C28H36FN5O6SSi/c1-18-11-14-24(40-18)27-31-32-28(34(27)25-22(38-3)9-8-10-23(25)39-4)33(15-16-42(5,6)7)41(36,37)19(2)26(35)21-13-12-20(29)17-30-21/h8-14,17,19,26,35H,15-16H2,1-7H3/t19-,26+/m1/s1. The van der Waals surface area contributed by atoms with Gasteiger partial charge in [0.1, 0.15) is 40.1 Å². The van der Waals surface area contributed by atoms with Crippen LogP contribution in [-0.2, 0) is 10.0 Å². The van der Waals surface area contributed by atoms with Crippen molar-refractivity contribution in [1.82, 2.24) is 19.7 Å². The molecule has 1 N–H and O–H groups in total. The molecule has 1 aromatic carbocycles. The van der Waals surface area contributed by atoms with E-state index in [1.54, 1.807) is 37.3 Å². The lowest BCUT2D eigenvalue weighted by Gasteiger charge is -2.31. The highest BCUT2D eigenvalue weighted by atomic mass is 32.2. The molecule has 11 nitrogen and oxygen atoms in total. The van der Waals surface area contributed by atoms with E-state index in [0.29, 0.717) is 34.8 Å². The SMILES string of the molecule is COc1cccc(OC)c1-n1c(-c2ccc(C)o2)nnc1N(CC[Si](C)(C)C)S(=O)(=O)[C@H](C)[C@H](O)c1ccc(F)cn1. The second-order valence-corrected chi connectivity index (χ2v) is 18.9. The number of furan rings is 1. The van der Waals surface area contributed by atoms with Gasteiger partial charge in [-0.15, -0.1) is 10.2 Å². The largest absolute Gasteiger partial charge is 0.494 e. The lowest BCUT2D eigenvalue weighted by molar-refractivity contribution is 0.171. The van der Waals surface area contributed by atoms with E-state index < -0.39 is 35.3 Å². The van der Waals surface area contributed by atoms with Crippen molar-refractivity contribution in [3.8, 4) is 28.8 Å². The van der Waals surface area contributed by atoms with Crippen LogP contribution in [0, 0.1) is 12.7 Å². The van der Waals surface area contributed by atoms with Gasteiger partial charge in [-0.1, -0.05) is 25.7 Å². The zero-order chi connectivity index (χ0) is 30.8. The Kier molecular flexibility index (Phi) is 9.08. The number of hydrogen-bond acceptors (Lipinski definition) is 9. The van der Waals surface area contributed by atoms with Gasteiger partial charge in [-0.2, -0.15) is 0 Å². The highest BCUT2D eigenvalue weighted by molar-refractivity contribution is 7.93. The van der Waals surface area contributed by atoms with Crippen LogP contribution in [0.5, 0.6) is 11.5 Å². The van der Waals surface area contributed by atoms with E-state index in [-0.39, 0.29) is 24.0 Å². The summed E-state index contributed by atoms with van der Waals surface area (Å²) in [6.45, 7) is 9.62. The number of benzene rings is 1. The van der Waals surface area contributed by atoms with Crippen LogP contribution >= 0.6 is 0 Å². The Hall–Kier alpha value is -3.75. The van der Waals surface area contributed by atoms with E-state index in [2.05, 4.69) is 34.8 Å². The van der Waals surface area contributed by atoms with Gasteiger partial charge in [0.25, 0.3) is 0 Å². The predicted octanol–water partition coefficient (Wildman–Crippen LogP) is 4.98. The summed E-state index contributed by atoms with van der Waals surface area (Å²) in [4.78, 5) is 3.91. The molecule has 0 aliphatic heterocycles. The molecule has 3 aromatic heterocycles. The minimum Gasteiger partial charge on any atom is -0.494 e. The highest BCUT2D eigenvalue weighted by Gasteiger charge is 2.40. The van der Waals surface area contributed by atoms with Crippen molar-refractivity contribution in [3.05, 3.63) is 65.9 Å². The predicted molar refractivity (Wildman–Crippen MR) is 160 cm³/mol. The summed E-state index contributed by atoms with van der Waals surface area (Å²) in [6, 6.07) is 11.6. The normalized spacial score (nSPS) is 13.5. The molecule has 2 atom stereocenters. The third kappa shape index (κ3) is 6.34. The Morgan fingerprint density at radius 1 is 1.07 bits per heavy atom. The summed E-state index contributed by atoms with van der Waals surface area (Å²) in [6.07, 6.45) is -0.613. The van der Waals surface area contributed by atoms with Gasteiger partial charge in [0.2, 0.25) is 21.8 Å². The summed E-state index contributed by atoms with van der Waals surface area (Å²) >= 11 is 0. The molecule has 0 saturated carbocycles. The zero-order valence-electron chi connectivity index (χ0n) is 24.7. The van der Waals surface area contributed by atoms with E-state index in [4.69, 9.17) is 13.9 Å². The minimum atomic E-state index is -4.33. The summed E-state index contributed by atoms with van der Waals surface area (Å²) in [5.41, 5.74) is 0.394. The van der Waals surface area contributed by atoms with Crippen molar-refractivity contribution in [2.75, 3.05) is 25.1 Å². The zero-order valence-corrected chi connectivity index (χ0v) is 26.5. The second-order valence-electron chi connectivity index (χ2n) is 11.1. The molecule has 0 saturated heterocycles. The number of aliphatic hydroxyl groups excluding tert-OH is 1. The Morgan fingerprint density at radius 2 is 1.74 bits per heavy atom. The molecule has 0 amide bonds. The lowest BCUT2D eigenvalue weighted by Crippen LogP contribution is -2.44. The number of halogens is 1. The second kappa shape index (κ2) is 12.2. The average Bonchev–Trinajstić information content (AvgIpc) is 3.57. The Balaban J connectivity index is 1.96. The fourth-order valence-corrected chi connectivity index (χ4v) is 6.97. The fourth-order valence-electron chi connectivity index (χ4n) is 4.35. The van der Waals surface area contributed by atoms with Gasteiger partial charge >= 0.3 is 0 Å². The monoisotopic (exact) mass is 617 g/mol. The molecular formula is C28H36FN5O6SSi. The molecule has 0 radical (unpaired) electrons. The van der Waals surface area contributed by atoms with Gasteiger partial charge in [0.15, 0.2) is 5.76 Å². The maximum absolute atomic E-state index is 14.4. The lowest BCUT2D eigenvalue weighted by atomic mass is 10.2. The summed E-state index contributed by atoms with van der Waals surface area (Å²) < 4.78 is 62.2. The average molecular weight is 618 g/mol. The number of hydrogen-bond donors (Lipinski definition) is 1. The number of anilines is 1. The number of ether oxygens (including phenoxy) is 2. The number of aryl methyl sites for hydroxylation is 1. The van der Waals surface area contributed by atoms with Gasteiger partial charge in [-0.05, 0) is 56.3 Å². The molecule has 0 fully saturated rings. The van der Waals surface area contributed by atoms with Gasteiger partial charge < -0.3 is 19.0 Å². The van der Waals surface area contributed by atoms with Crippen LogP contribution in [0.4, 0.5) is 10.3 Å². The van der Waals surface area contributed by atoms with Crippen LogP contribution in [0.2, 0.25) is 25.7 Å². The van der Waals surface area contributed by atoms with Crippen molar-refractivity contribution in [3.63, 3.8) is 0 Å². The van der Waals surface area contributed by atoms with E-state index >= 15 is 0 Å². The Bertz CT molecular complexity index is 1610. The van der Waals surface area contributed by atoms with E-state index in [0.717, 1.165) is 12.3 Å². The third-order valence-electron chi connectivity index (χ3n) is 6.80. The van der Waals surface area contributed by atoms with Crippen molar-refractivity contribution in [1.29, 1.82) is 0 Å². The van der Waals surface area contributed by atoms with Crippen LogP contribution in [0.1, 0.15) is 24.5 Å². The van der Waals surface area contributed by atoms with E-state index in [1.165, 1.54) is 36.1 Å². The van der Waals surface area contributed by atoms with Gasteiger partial charge in [-0.25, -0.2) is 17.1 Å². The fraction of sp³-hybridized carbons (Fsp3) is 0.393. The number of pyridine rings is 1. The van der Waals surface area contributed by atoms with Gasteiger partial charge in [0, 0.05) is 14.6 Å². The molecule has 3 heterocycles. The summed E-state index contributed by atoms with van der Waals surface area (Å²) in [5.74, 6) is 1.33. The first-order chi connectivity index (χ1) is 19.8. The van der Waals surface area contributed by atoms with Crippen LogP contribution in [0.15, 0.2) is 53.1 Å². The van der Waals surface area contributed by atoms with E-state index in [1.807, 2.05) is 0 Å². The molecule has 0 bridgehead atoms. The van der Waals surface area contributed by atoms with Crippen molar-refractivity contribution in [2.24, 2.45) is 0 Å². The molecule has 226 valence electrons. The van der Waals surface area contributed by atoms with Crippen LogP contribution in [0.3, 0.4) is 0 Å². The molecule has 0 aliphatic carbocycles. The first-order valence-corrected chi connectivity index (χ1v) is 18.5. The first kappa shape index (κ1) is 31.2. The third-order valence-corrected chi connectivity index (χ3v) is 10.7. The van der Waals surface area contributed by atoms with Crippen molar-refractivity contribution in [2.45, 2.75) is 50.9 Å². The smallest absolute Gasteiger partial charge is 0.246 e. The molecule has 42 heavy (non-hydrogen) atoms. The van der Waals surface area contributed by atoms with E-state index in [9.17, 15) is 17.9 Å². The first-order valence-electron chi connectivity index (χ1n) is 13.3. The topological polar surface area (TPSA) is 133 Å². The molecular weight excluding hydrogens is 581 g/mol. The number of para-hydroxylation sites is 1. The van der Waals surface area contributed by atoms with Gasteiger partial charge in [0.05, 0.1) is 26.1 Å². The number of methoxy groups -OCH3 is 2. The summed E-state index contributed by atoms with van der Waals surface area (Å²) in [5, 5.41) is 18.5. The Labute approximate surface area is 246 Å². The quantitative estimate of drug-likeness (QED) is 0.219. The number of rotatable bonds is 12. The summed E-state index contributed by atoms with van der Waals surface area (Å²) in [7, 11) is -3.14. The Morgan fingerprint density at radius 3 is 2.26 bits per heavy atom. The number of nitrogens with zero attached hydrogens (tertiary/aromatic N) is 5. The van der Waals surface area contributed by atoms with Crippen LogP contribution in [0.25, 0.3) is 17.3 Å². The maximum atomic E-state index is 14.4. The molecule has 0 spiro atoms. The maximum Gasteiger partial charge on any atom is 0.246 e. The number of aromatic nitrogens is 4. The number of sulfonamides is 1. The van der Waals surface area contributed by atoms with Crippen molar-refractivity contribution >= 4 is 24.0 Å². The molecule has 14 heteroatoms. The molecule has 4 rings (SSSR count). The number of aliphatic hydroxyl groups is 1. The highest BCUT2D eigenvalue weighted by Crippen LogP contribution is 2.40. The molecule has 4 aromatic rings. The molecule has 0 unspecified atom stereocenters. The van der Waals surface area contributed by atoms with Crippen LogP contribution in [-0.4, -0.2) is 67.4 Å².